The number of hydrogen-bond acceptors (Lipinski definition) is 5. The van der Waals surface area contributed by atoms with Crippen molar-refractivity contribution in [3.63, 3.8) is 0 Å². The van der Waals surface area contributed by atoms with Crippen LogP contribution in [0.2, 0.25) is 5.02 Å². The Morgan fingerprint density at radius 3 is 2.85 bits per heavy atom. The van der Waals surface area contributed by atoms with Crippen molar-refractivity contribution >= 4 is 40.3 Å². The maximum Gasteiger partial charge on any atom is 0.340 e. The highest BCUT2D eigenvalue weighted by Gasteiger charge is 2.18. The van der Waals surface area contributed by atoms with Crippen molar-refractivity contribution in [1.82, 2.24) is 0 Å². The van der Waals surface area contributed by atoms with Gasteiger partial charge in [-0.2, -0.15) is 0 Å². The minimum atomic E-state index is -0.472. The molecular formula is C14H15ClN2O2S. The second-order valence-electron chi connectivity index (χ2n) is 4.30. The molecule has 1 atom stereocenters. The monoisotopic (exact) mass is 310 g/mol. The molecule has 4 nitrogen and oxygen atoms in total. The summed E-state index contributed by atoms with van der Waals surface area (Å²) in [4.78, 5) is 13.0. The van der Waals surface area contributed by atoms with E-state index in [9.17, 15) is 4.79 Å². The second kappa shape index (κ2) is 6.15. The number of methoxy groups -OCH3 is 1. The number of esters is 1. The summed E-state index contributed by atoms with van der Waals surface area (Å²) in [6.07, 6.45) is 0. The summed E-state index contributed by atoms with van der Waals surface area (Å²) < 4.78 is 4.77. The highest BCUT2D eigenvalue weighted by atomic mass is 35.5. The van der Waals surface area contributed by atoms with Crippen LogP contribution in [0.3, 0.4) is 0 Å². The summed E-state index contributed by atoms with van der Waals surface area (Å²) in [5.41, 5.74) is 7.02. The minimum absolute atomic E-state index is 0.0273. The van der Waals surface area contributed by atoms with Gasteiger partial charge in [0.25, 0.3) is 0 Å². The third kappa shape index (κ3) is 3.05. The molecule has 3 N–H and O–H groups in total. The van der Waals surface area contributed by atoms with E-state index in [1.807, 2.05) is 24.4 Å². The van der Waals surface area contributed by atoms with Crippen LogP contribution < -0.4 is 11.1 Å². The zero-order valence-electron chi connectivity index (χ0n) is 11.1. The molecule has 0 amide bonds. The Bertz CT molecular complexity index is 614. The molecule has 20 heavy (non-hydrogen) atoms. The van der Waals surface area contributed by atoms with E-state index in [-0.39, 0.29) is 6.04 Å². The minimum Gasteiger partial charge on any atom is -0.465 e. The van der Waals surface area contributed by atoms with E-state index in [1.54, 1.807) is 23.5 Å². The number of nitrogens with one attached hydrogen (secondary N) is 1. The van der Waals surface area contributed by atoms with Crippen LogP contribution in [0.25, 0.3) is 0 Å². The molecule has 1 aromatic carbocycles. The standard InChI is InChI=1S/C14H15ClN2O2S/c1-8(12-4-3-5-20-12)17-13-10(14(18)19-2)6-9(16)7-11(13)15/h3-8,17H,16H2,1-2H3. The molecule has 2 rings (SSSR count). The summed E-state index contributed by atoms with van der Waals surface area (Å²) in [6, 6.07) is 7.19. The van der Waals surface area contributed by atoms with Crippen molar-refractivity contribution in [1.29, 1.82) is 0 Å². The van der Waals surface area contributed by atoms with Gasteiger partial charge in [-0.3, -0.25) is 0 Å². The number of thiophene rings is 1. The Morgan fingerprint density at radius 2 is 2.25 bits per heavy atom. The summed E-state index contributed by atoms with van der Waals surface area (Å²) in [6.45, 7) is 2.00. The first-order valence-electron chi connectivity index (χ1n) is 6.00. The number of benzene rings is 1. The van der Waals surface area contributed by atoms with Crippen molar-refractivity contribution in [3.05, 3.63) is 45.1 Å². The number of ether oxygens (including phenoxy) is 1. The molecule has 2 aromatic rings. The molecule has 0 bridgehead atoms. The summed E-state index contributed by atoms with van der Waals surface area (Å²) in [7, 11) is 1.33. The average molecular weight is 311 g/mol. The number of anilines is 2. The van der Waals surface area contributed by atoms with Gasteiger partial charge in [-0.25, -0.2) is 4.79 Å². The third-order valence-corrected chi connectivity index (χ3v) is 4.20. The van der Waals surface area contributed by atoms with Crippen LogP contribution in [0.5, 0.6) is 0 Å². The van der Waals surface area contributed by atoms with Crippen LogP contribution in [-0.4, -0.2) is 13.1 Å². The Hall–Kier alpha value is -1.72. The predicted molar refractivity (Wildman–Crippen MR) is 83.6 cm³/mol. The van der Waals surface area contributed by atoms with Crippen molar-refractivity contribution in [2.45, 2.75) is 13.0 Å². The zero-order chi connectivity index (χ0) is 14.7. The lowest BCUT2D eigenvalue weighted by Gasteiger charge is -2.18. The summed E-state index contributed by atoms with van der Waals surface area (Å²) in [5, 5.41) is 5.64. The van der Waals surface area contributed by atoms with E-state index in [0.717, 1.165) is 4.88 Å². The topological polar surface area (TPSA) is 64.3 Å². The zero-order valence-corrected chi connectivity index (χ0v) is 12.7. The van der Waals surface area contributed by atoms with Crippen LogP contribution in [-0.2, 0) is 4.74 Å². The first kappa shape index (κ1) is 14.7. The highest BCUT2D eigenvalue weighted by Crippen LogP contribution is 2.33. The van der Waals surface area contributed by atoms with E-state index >= 15 is 0 Å². The molecule has 0 saturated carbocycles. The molecule has 0 aliphatic rings. The van der Waals surface area contributed by atoms with Crippen molar-refractivity contribution in [2.75, 3.05) is 18.2 Å². The number of halogens is 1. The van der Waals surface area contributed by atoms with Gasteiger partial charge in [-0.05, 0) is 30.5 Å². The van der Waals surface area contributed by atoms with Gasteiger partial charge in [0.1, 0.15) is 0 Å². The van der Waals surface area contributed by atoms with E-state index in [4.69, 9.17) is 22.1 Å². The van der Waals surface area contributed by atoms with E-state index in [1.165, 1.54) is 7.11 Å². The molecule has 0 spiro atoms. The van der Waals surface area contributed by atoms with Crippen LogP contribution in [0.1, 0.15) is 28.2 Å². The van der Waals surface area contributed by atoms with Crippen molar-refractivity contribution in [3.8, 4) is 0 Å². The molecule has 6 heteroatoms. The molecule has 1 heterocycles. The first-order chi connectivity index (χ1) is 9.52. The van der Waals surface area contributed by atoms with Crippen LogP contribution in [0.15, 0.2) is 29.6 Å². The Kier molecular flexibility index (Phi) is 4.52. The van der Waals surface area contributed by atoms with Crippen molar-refractivity contribution < 1.29 is 9.53 Å². The SMILES string of the molecule is COC(=O)c1cc(N)cc(Cl)c1NC(C)c1cccs1. The maximum absolute atomic E-state index is 11.8. The van der Waals surface area contributed by atoms with Gasteiger partial charge in [0.15, 0.2) is 0 Å². The van der Waals surface area contributed by atoms with Gasteiger partial charge in [-0.15, -0.1) is 11.3 Å². The number of nitrogens with two attached hydrogens (primary N) is 1. The molecule has 0 aliphatic carbocycles. The van der Waals surface area contributed by atoms with Crippen LogP contribution >= 0.6 is 22.9 Å². The Labute approximate surface area is 126 Å². The van der Waals surface area contributed by atoms with Crippen molar-refractivity contribution in [2.24, 2.45) is 0 Å². The highest BCUT2D eigenvalue weighted by molar-refractivity contribution is 7.10. The lowest BCUT2D eigenvalue weighted by Crippen LogP contribution is -2.12. The van der Waals surface area contributed by atoms with E-state index in [0.29, 0.717) is 22.0 Å². The summed E-state index contributed by atoms with van der Waals surface area (Å²) >= 11 is 7.83. The molecule has 0 radical (unpaired) electrons. The molecular weight excluding hydrogens is 296 g/mol. The average Bonchev–Trinajstić information content (AvgIpc) is 2.94. The second-order valence-corrected chi connectivity index (χ2v) is 5.68. The lowest BCUT2D eigenvalue weighted by molar-refractivity contribution is 0.0602. The largest absolute Gasteiger partial charge is 0.465 e. The van der Waals surface area contributed by atoms with Crippen LogP contribution in [0, 0.1) is 0 Å². The number of carbonyl (C=O) groups is 1. The molecule has 106 valence electrons. The predicted octanol–water partition coefficient (Wildman–Crippen LogP) is 3.94. The quantitative estimate of drug-likeness (QED) is 0.663. The first-order valence-corrected chi connectivity index (χ1v) is 7.26. The van der Waals surface area contributed by atoms with Crippen LogP contribution in [0.4, 0.5) is 11.4 Å². The summed E-state index contributed by atoms with van der Waals surface area (Å²) in [5.74, 6) is -0.472. The van der Waals surface area contributed by atoms with Gasteiger partial charge in [0, 0.05) is 10.6 Å². The fourth-order valence-corrected chi connectivity index (χ4v) is 2.89. The maximum atomic E-state index is 11.8. The number of nitrogen functional groups attached to an aromatic ring is 1. The van der Waals surface area contributed by atoms with Gasteiger partial charge in [0.05, 0.1) is 29.4 Å². The smallest absolute Gasteiger partial charge is 0.340 e. The van der Waals surface area contributed by atoms with Gasteiger partial charge in [-0.1, -0.05) is 17.7 Å². The Morgan fingerprint density at radius 1 is 1.50 bits per heavy atom. The molecule has 0 aliphatic heterocycles. The number of carbonyl (C=O) groups excluding carboxylic acids is 1. The molecule has 1 aromatic heterocycles. The Balaban J connectivity index is 2.37. The number of rotatable bonds is 4. The fourth-order valence-electron chi connectivity index (χ4n) is 1.87. The van der Waals surface area contributed by atoms with E-state index in [2.05, 4.69) is 5.32 Å². The lowest BCUT2D eigenvalue weighted by atomic mass is 10.1. The normalized spacial score (nSPS) is 11.9. The van der Waals surface area contributed by atoms with Gasteiger partial charge < -0.3 is 15.8 Å². The molecule has 0 saturated heterocycles. The number of hydrogen-bond donors (Lipinski definition) is 2. The molecule has 0 fully saturated rings. The van der Waals surface area contributed by atoms with Gasteiger partial charge in [0.2, 0.25) is 0 Å². The molecule has 1 unspecified atom stereocenters. The fraction of sp³-hybridized carbons (Fsp3) is 0.214. The van der Waals surface area contributed by atoms with E-state index < -0.39 is 5.97 Å². The third-order valence-electron chi connectivity index (χ3n) is 2.85. The van der Waals surface area contributed by atoms with Gasteiger partial charge >= 0.3 is 5.97 Å².